The number of nitrogens with zero attached hydrogens (tertiary/aromatic N) is 2. The number of carbonyl (C=O) groups excluding carboxylic acids is 2. The van der Waals surface area contributed by atoms with Gasteiger partial charge >= 0.3 is 11.9 Å². The third kappa shape index (κ3) is 4.23. The van der Waals surface area contributed by atoms with Crippen molar-refractivity contribution in [2.45, 2.75) is 25.9 Å². The fraction of sp³-hybridized carbons (Fsp3) is 0.300. The van der Waals surface area contributed by atoms with Crippen molar-refractivity contribution in [2.24, 2.45) is 0 Å². The molecule has 0 bridgehead atoms. The minimum atomic E-state index is -1.11. The van der Waals surface area contributed by atoms with E-state index in [1.54, 1.807) is 31.2 Å². The molecule has 152 valence electrons. The van der Waals surface area contributed by atoms with Gasteiger partial charge in [-0.05, 0) is 37.6 Å². The van der Waals surface area contributed by atoms with Crippen LogP contribution in [0, 0.1) is 0 Å². The van der Waals surface area contributed by atoms with Crippen LogP contribution in [-0.2, 0) is 14.3 Å². The Morgan fingerprint density at radius 1 is 1.31 bits per heavy atom. The Hall–Kier alpha value is -2.97. The van der Waals surface area contributed by atoms with Crippen LogP contribution in [0.2, 0.25) is 5.02 Å². The van der Waals surface area contributed by atoms with Gasteiger partial charge in [0.2, 0.25) is 11.7 Å². The normalized spacial score (nSPS) is 13.1. The molecule has 0 aliphatic rings. The molecule has 29 heavy (non-hydrogen) atoms. The van der Waals surface area contributed by atoms with Gasteiger partial charge in [-0.3, -0.25) is 9.78 Å². The molecule has 1 aromatic carbocycles. The van der Waals surface area contributed by atoms with Gasteiger partial charge in [-0.15, -0.1) is 0 Å². The molecular formula is C20H19ClN2O6. The Morgan fingerprint density at radius 3 is 2.72 bits per heavy atom. The van der Waals surface area contributed by atoms with E-state index >= 15 is 0 Å². The van der Waals surface area contributed by atoms with Crippen molar-refractivity contribution in [3.05, 3.63) is 58.4 Å². The van der Waals surface area contributed by atoms with Crippen molar-refractivity contribution in [2.75, 3.05) is 13.7 Å². The van der Waals surface area contributed by atoms with Crippen LogP contribution in [0.1, 0.15) is 53.6 Å². The van der Waals surface area contributed by atoms with E-state index in [2.05, 4.69) is 9.97 Å². The summed E-state index contributed by atoms with van der Waals surface area (Å²) in [6.07, 6.45) is 0.417. The van der Waals surface area contributed by atoms with Crippen molar-refractivity contribution in [1.82, 2.24) is 9.97 Å². The van der Waals surface area contributed by atoms with E-state index in [9.17, 15) is 14.7 Å². The average molecular weight is 419 g/mol. The number of aromatic nitrogens is 2. The topological polar surface area (TPSA) is 112 Å². The van der Waals surface area contributed by atoms with Gasteiger partial charge in [-0.25, -0.2) is 9.78 Å². The summed E-state index contributed by atoms with van der Waals surface area (Å²) in [4.78, 5) is 33.2. The van der Waals surface area contributed by atoms with Crippen LogP contribution in [0.5, 0.6) is 0 Å². The van der Waals surface area contributed by atoms with Gasteiger partial charge in [0.05, 0.1) is 30.4 Å². The predicted octanol–water partition coefficient (Wildman–Crippen LogP) is 3.41. The Balaban J connectivity index is 2.14. The second-order valence-electron chi connectivity index (χ2n) is 6.22. The molecule has 2 atom stereocenters. The standard InChI is InChI=1S/C20H19ClN2O6/c1-4-28-20(26)17-16(10(2)24)23-18(29-17)15(19(25)27-3)11-5-6-14-12(7-11)8-13(21)9-22-14/h5-10,15,24H,4H2,1-3H3. The molecule has 2 unspecified atom stereocenters. The smallest absolute Gasteiger partial charge is 0.376 e. The summed E-state index contributed by atoms with van der Waals surface area (Å²) in [6.45, 7) is 3.19. The van der Waals surface area contributed by atoms with E-state index in [-0.39, 0.29) is 24.0 Å². The minimum Gasteiger partial charge on any atom is -0.468 e. The highest BCUT2D eigenvalue weighted by Gasteiger charge is 2.33. The zero-order chi connectivity index (χ0) is 21.1. The van der Waals surface area contributed by atoms with Crippen molar-refractivity contribution in [3.63, 3.8) is 0 Å². The molecular weight excluding hydrogens is 400 g/mol. The number of halogens is 1. The first-order chi connectivity index (χ1) is 13.8. The number of esters is 2. The first kappa shape index (κ1) is 20.8. The Bertz CT molecular complexity index is 1060. The van der Waals surface area contributed by atoms with E-state index < -0.39 is 24.0 Å². The number of fused-ring (bicyclic) bond motifs is 1. The number of oxazole rings is 1. The number of rotatable bonds is 6. The number of methoxy groups -OCH3 is 1. The van der Waals surface area contributed by atoms with Crippen LogP contribution in [0.15, 0.2) is 34.9 Å². The fourth-order valence-corrected chi connectivity index (χ4v) is 3.07. The largest absolute Gasteiger partial charge is 0.468 e. The van der Waals surface area contributed by atoms with Crippen LogP contribution in [0.3, 0.4) is 0 Å². The number of aliphatic hydroxyl groups excluding tert-OH is 1. The van der Waals surface area contributed by atoms with E-state index in [0.717, 1.165) is 0 Å². The van der Waals surface area contributed by atoms with E-state index in [1.807, 2.05) is 0 Å². The molecule has 0 saturated carbocycles. The zero-order valence-corrected chi connectivity index (χ0v) is 16.8. The maximum absolute atomic E-state index is 12.6. The molecule has 1 N–H and O–H groups in total. The number of hydrogen-bond acceptors (Lipinski definition) is 8. The van der Waals surface area contributed by atoms with Gasteiger partial charge in [0, 0.05) is 11.6 Å². The summed E-state index contributed by atoms with van der Waals surface area (Å²) >= 11 is 6.02. The van der Waals surface area contributed by atoms with Crippen molar-refractivity contribution in [3.8, 4) is 0 Å². The molecule has 0 radical (unpaired) electrons. The molecule has 9 heteroatoms. The second-order valence-corrected chi connectivity index (χ2v) is 6.66. The lowest BCUT2D eigenvalue weighted by Gasteiger charge is -2.12. The summed E-state index contributed by atoms with van der Waals surface area (Å²) < 4.78 is 15.4. The van der Waals surface area contributed by atoms with E-state index in [1.165, 1.54) is 20.2 Å². The molecule has 0 amide bonds. The molecule has 8 nitrogen and oxygen atoms in total. The first-order valence-corrected chi connectivity index (χ1v) is 9.22. The summed E-state index contributed by atoms with van der Waals surface area (Å²) in [6, 6.07) is 6.83. The average Bonchev–Trinajstić information content (AvgIpc) is 3.13. The van der Waals surface area contributed by atoms with Gasteiger partial charge < -0.3 is 19.0 Å². The Labute approximate surface area is 171 Å². The third-order valence-corrected chi connectivity index (χ3v) is 4.42. The number of aliphatic hydroxyl groups is 1. The third-order valence-electron chi connectivity index (χ3n) is 4.22. The zero-order valence-electron chi connectivity index (χ0n) is 16.0. The molecule has 2 aromatic heterocycles. The summed E-state index contributed by atoms with van der Waals surface area (Å²) in [7, 11) is 1.24. The van der Waals surface area contributed by atoms with Gasteiger partial charge in [-0.1, -0.05) is 17.7 Å². The number of hydrogen-bond donors (Lipinski definition) is 1. The number of ether oxygens (including phenoxy) is 2. The Morgan fingerprint density at radius 2 is 2.07 bits per heavy atom. The van der Waals surface area contributed by atoms with Crippen molar-refractivity contribution in [1.29, 1.82) is 0 Å². The molecule has 0 fully saturated rings. The van der Waals surface area contributed by atoms with Crippen LogP contribution < -0.4 is 0 Å². The summed E-state index contributed by atoms with van der Waals surface area (Å²) in [5.74, 6) is -2.83. The summed E-state index contributed by atoms with van der Waals surface area (Å²) in [5, 5.41) is 11.1. The van der Waals surface area contributed by atoms with Gasteiger partial charge in [-0.2, -0.15) is 0 Å². The van der Waals surface area contributed by atoms with Crippen molar-refractivity contribution >= 4 is 34.4 Å². The monoisotopic (exact) mass is 418 g/mol. The van der Waals surface area contributed by atoms with Crippen LogP contribution in [0.4, 0.5) is 0 Å². The summed E-state index contributed by atoms with van der Waals surface area (Å²) in [5.41, 5.74) is 1.17. The maximum Gasteiger partial charge on any atom is 0.376 e. The lowest BCUT2D eigenvalue weighted by Crippen LogP contribution is -2.16. The highest BCUT2D eigenvalue weighted by Crippen LogP contribution is 2.31. The van der Waals surface area contributed by atoms with Crippen molar-refractivity contribution < 1.29 is 28.6 Å². The number of pyridine rings is 1. The molecule has 2 heterocycles. The Kier molecular flexibility index (Phi) is 6.14. The maximum atomic E-state index is 12.6. The van der Waals surface area contributed by atoms with Gasteiger partial charge in [0.1, 0.15) is 5.69 Å². The molecule has 0 aliphatic carbocycles. The number of benzene rings is 1. The first-order valence-electron chi connectivity index (χ1n) is 8.84. The predicted molar refractivity (Wildman–Crippen MR) is 104 cm³/mol. The lowest BCUT2D eigenvalue weighted by atomic mass is 9.97. The molecule has 0 aliphatic heterocycles. The van der Waals surface area contributed by atoms with E-state index in [4.69, 9.17) is 25.5 Å². The molecule has 0 saturated heterocycles. The van der Waals surface area contributed by atoms with E-state index in [0.29, 0.717) is 21.5 Å². The lowest BCUT2D eigenvalue weighted by molar-refractivity contribution is -0.141. The highest BCUT2D eigenvalue weighted by atomic mass is 35.5. The highest BCUT2D eigenvalue weighted by molar-refractivity contribution is 6.31. The minimum absolute atomic E-state index is 0.0159. The molecule has 0 spiro atoms. The SMILES string of the molecule is CCOC(=O)c1oc(C(C(=O)OC)c2ccc3ncc(Cl)cc3c2)nc1C(C)O. The van der Waals surface area contributed by atoms with Gasteiger partial charge in [0.15, 0.2) is 5.92 Å². The number of carbonyl (C=O) groups is 2. The quantitative estimate of drug-likeness (QED) is 0.606. The van der Waals surface area contributed by atoms with Gasteiger partial charge in [0.25, 0.3) is 0 Å². The molecule has 3 rings (SSSR count). The van der Waals surface area contributed by atoms with Crippen LogP contribution in [0.25, 0.3) is 10.9 Å². The van der Waals surface area contributed by atoms with Crippen LogP contribution in [-0.4, -0.2) is 40.7 Å². The second kappa shape index (κ2) is 8.59. The fourth-order valence-electron chi connectivity index (χ4n) is 2.90. The van der Waals surface area contributed by atoms with Crippen LogP contribution >= 0.6 is 11.6 Å². The molecule has 3 aromatic rings.